The molecule has 0 aromatic heterocycles. The second kappa shape index (κ2) is 9.16. The van der Waals surface area contributed by atoms with Crippen molar-refractivity contribution in [2.45, 2.75) is 55.8 Å². The Morgan fingerprint density at radius 3 is 2.47 bits per heavy atom. The highest BCUT2D eigenvalue weighted by Gasteiger charge is 2.67. The SMILES string of the molecule is CN(C)CCC(O)C1C=CC(=O)C2C(O)C3C(O)[C@]4(O)C(=O)C(C(N)O)C(=O)C[C@@H]4C[C@@H]3CC12. The number of aliphatic hydroxyl groups excluding tert-OH is 4. The zero-order valence-corrected chi connectivity index (χ0v) is 19.5. The van der Waals surface area contributed by atoms with Gasteiger partial charge in [-0.15, -0.1) is 0 Å². The predicted octanol–water partition coefficient (Wildman–Crippen LogP) is -2.17. The van der Waals surface area contributed by atoms with Gasteiger partial charge < -0.3 is 36.2 Å². The summed E-state index contributed by atoms with van der Waals surface area (Å²) in [6, 6.07) is 0. The van der Waals surface area contributed by atoms with Crippen molar-refractivity contribution >= 4 is 17.3 Å². The highest BCUT2D eigenvalue weighted by Crippen LogP contribution is 2.56. The van der Waals surface area contributed by atoms with Gasteiger partial charge in [-0.05, 0) is 57.8 Å². The zero-order chi connectivity index (χ0) is 25.1. The molecule has 10 nitrogen and oxygen atoms in total. The van der Waals surface area contributed by atoms with E-state index < -0.39 is 65.4 Å². The number of hydrogen-bond acceptors (Lipinski definition) is 10. The first-order chi connectivity index (χ1) is 15.9. The molecule has 4 aliphatic rings. The molecule has 3 saturated carbocycles. The van der Waals surface area contributed by atoms with E-state index in [1.54, 1.807) is 6.08 Å². The third-order valence-electron chi connectivity index (χ3n) is 8.80. The third-order valence-corrected chi connectivity index (χ3v) is 8.80. The molecule has 34 heavy (non-hydrogen) atoms. The minimum absolute atomic E-state index is 0.196. The van der Waals surface area contributed by atoms with Gasteiger partial charge in [0.1, 0.15) is 17.9 Å². The molecule has 4 rings (SSSR count). The van der Waals surface area contributed by atoms with Crippen LogP contribution in [0.3, 0.4) is 0 Å². The Kier molecular flexibility index (Phi) is 6.89. The molecule has 0 aromatic rings. The van der Waals surface area contributed by atoms with Crippen molar-refractivity contribution in [3.8, 4) is 0 Å². The summed E-state index contributed by atoms with van der Waals surface area (Å²) in [4.78, 5) is 40.4. The van der Waals surface area contributed by atoms with Crippen molar-refractivity contribution < 1.29 is 39.9 Å². The number of hydrogen-bond donors (Lipinski definition) is 6. The van der Waals surface area contributed by atoms with Gasteiger partial charge in [-0.3, -0.25) is 14.4 Å². The van der Waals surface area contributed by atoms with Gasteiger partial charge in [0, 0.05) is 24.2 Å². The average molecular weight is 481 g/mol. The highest BCUT2D eigenvalue weighted by molar-refractivity contribution is 6.09. The predicted molar refractivity (Wildman–Crippen MR) is 119 cm³/mol. The number of allylic oxidation sites excluding steroid dienone is 1. The van der Waals surface area contributed by atoms with Crippen LogP contribution < -0.4 is 5.73 Å². The molecule has 7 N–H and O–H groups in total. The summed E-state index contributed by atoms with van der Waals surface area (Å²) in [6.07, 6.45) is -1.65. The molecule has 0 heterocycles. The minimum Gasteiger partial charge on any atom is -0.392 e. The maximum absolute atomic E-state index is 13.1. The smallest absolute Gasteiger partial charge is 0.181 e. The molecule has 190 valence electrons. The van der Waals surface area contributed by atoms with E-state index in [1.807, 2.05) is 19.0 Å². The second-order valence-corrected chi connectivity index (χ2v) is 11.0. The first-order valence-corrected chi connectivity index (χ1v) is 12.0. The maximum Gasteiger partial charge on any atom is 0.181 e. The molecule has 0 amide bonds. The molecule has 12 atom stereocenters. The fourth-order valence-corrected chi connectivity index (χ4v) is 7.13. The number of fused-ring (bicyclic) bond motifs is 3. The van der Waals surface area contributed by atoms with Crippen LogP contribution in [0.2, 0.25) is 0 Å². The van der Waals surface area contributed by atoms with Gasteiger partial charge in [-0.2, -0.15) is 0 Å². The molecule has 0 saturated heterocycles. The highest BCUT2D eigenvalue weighted by atomic mass is 16.4. The maximum atomic E-state index is 13.1. The Bertz CT molecular complexity index is 875. The summed E-state index contributed by atoms with van der Waals surface area (Å²) in [5.74, 6) is -7.38. The van der Waals surface area contributed by atoms with Crippen LogP contribution in [-0.2, 0) is 14.4 Å². The van der Waals surface area contributed by atoms with E-state index in [-0.39, 0.29) is 36.4 Å². The summed E-state index contributed by atoms with van der Waals surface area (Å²) >= 11 is 0. The molecule has 9 unspecified atom stereocenters. The Balaban J connectivity index is 1.64. The van der Waals surface area contributed by atoms with Crippen LogP contribution >= 0.6 is 0 Å². The third kappa shape index (κ3) is 3.89. The largest absolute Gasteiger partial charge is 0.392 e. The van der Waals surface area contributed by atoms with E-state index in [0.29, 0.717) is 19.4 Å². The number of nitrogens with zero attached hydrogens (tertiary/aromatic N) is 1. The first kappa shape index (κ1) is 25.6. The molecule has 0 aromatic carbocycles. The summed E-state index contributed by atoms with van der Waals surface area (Å²) in [5, 5.41) is 54.5. The Morgan fingerprint density at radius 1 is 1.18 bits per heavy atom. The lowest BCUT2D eigenvalue weighted by atomic mass is 9.49. The van der Waals surface area contributed by atoms with E-state index in [2.05, 4.69) is 0 Å². The molecule has 0 aliphatic heterocycles. The van der Waals surface area contributed by atoms with Crippen LogP contribution in [0.25, 0.3) is 0 Å². The zero-order valence-electron chi connectivity index (χ0n) is 19.5. The Morgan fingerprint density at radius 2 is 1.85 bits per heavy atom. The Labute approximate surface area is 198 Å². The summed E-state index contributed by atoms with van der Waals surface area (Å²) in [6.45, 7) is 0.650. The van der Waals surface area contributed by atoms with Crippen molar-refractivity contribution in [3.63, 3.8) is 0 Å². The molecular formula is C24H36N2O8. The van der Waals surface area contributed by atoms with E-state index >= 15 is 0 Å². The van der Waals surface area contributed by atoms with Crippen LogP contribution in [0.4, 0.5) is 0 Å². The standard InChI is InChI=1S/C24H36N2O8/c1-26(2)6-5-14(27)12-3-4-15(28)18-13(12)8-10-7-11-9-16(29)19(23(25)33)22(32)24(11,34)21(31)17(10)20(18)30/h3-4,10-14,17-21,23,27,30-31,33-34H,5-9,25H2,1-2H3/t10-,11+,12?,13?,14?,17?,18?,19?,20?,21?,23?,24+/m1/s1. The van der Waals surface area contributed by atoms with Gasteiger partial charge in [0.15, 0.2) is 17.2 Å². The Hall–Kier alpha value is -1.53. The van der Waals surface area contributed by atoms with Crippen LogP contribution in [0, 0.1) is 41.4 Å². The summed E-state index contributed by atoms with van der Waals surface area (Å²) in [5.41, 5.74) is 3.08. The van der Waals surface area contributed by atoms with Gasteiger partial charge in [-0.25, -0.2) is 0 Å². The lowest BCUT2D eigenvalue weighted by Crippen LogP contribution is -2.72. The molecule has 0 bridgehead atoms. The fourth-order valence-electron chi connectivity index (χ4n) is 7.13. The number of aliphatic hydroxyl groups is 5. The van der Waals surface area contributed by atoms with Gasteiger partial charge in [0.2, 0.25) is 0 Å². The molecule has 3 fully saturated rings. The van der Waals surface area contributed by atoms with Gasteiger partial charge in [0.25, 0.3) is 0 Å². The van der Waals surface area contributed by atoms with E-state index in [4.69, 9.17) is 5.73 Å². The number of ketones is 3. The topological polar surface area (TPSA) is 182 Å². The summed E-state index contributed by atoms with van der Waals surface area (Å²) < 4.78 is 0. The van der Waals surface area contributed by atoms with Crippen molar-refractivity contribution in [1.82, 2.24) is 4.90 Å². The fraction of sp³-hybridized carbons (Fsp3) is 0.792. The molecule has 4 aliphatic carbocycles. The summed E-state index contributed by atoms with van der Waals surface area (Å²) in [7, 11) is 3.80. The molecule has 0 radical (unpaired) electrons. The van der Waals surface area contributed by atoms with Gasteiger partial charge in [-0.1, -0.05) is 6.08 Å². The normalized spacial score (nSPS) is 46.0. The monoisotopic (exact) mass is 480 g/mol. The van der Waals surface area contributed by atoms with Crippen molar-refractivity contribution in [1.29, 1.82) is 0 Å². The minimum atomic E-state index is -2.34. The molecule has 10 heteroatoms. The van der Waals surface area contributed by atoms with Gasteiger partial charge in [0.05, 0.1) is 24.2 Å². The number of Topliss-reactive ketones (excluding diaryl/α,β-unsaturated/α-hetero) is 2. The lowest BCUT2D eigenvalue weighted by Gasteiger charge is -2.58. The van der Waals surface area contributed by atoms with Crippen LogP contribution in [0.5, 0.6) is 0 Å². The van der Waals surface area contributed by atoms with Crippen LogP contribution in [0.1, 0.15) is 25.7 Å². The number of nitrogens with two attached hydrogens (primary N) is 1. The number of rotatable bonds is 5. The van der Waals surface area contributed by atoms with Crippen molar-refractivity contribution in [2.24, 2.45) is 47.2 Å². The molecular weight excluding hydrogens is 444 g/mol. The number of carbonyl (C=O) groups is 3. The van der Waals surface area contributed by atoms with Crippen LogP contribution in [0.15, 0.2) is 12.2 Å². The van der Waals surface area contributed by atoms with Crippen LogP contribution in [-0.4, -0.2) is 98.6 Å². The quantitative estimate of drug-likeness (QED) is 0.187. The molecule has 0 spiro atoms. The van der Waals surface area contributed by atoms with Crippen molar-refractivity contribution in [2.75, 3.05) is 20.6 Å². The first-order valence-electron chi connectivity index (χ1n) is 12.0. The average Bonchev–Trinajstić information content (AvgIpc) is 2.74. The van der Waals surface area contributed by atoms with Crippen molar-refractivity contribution in [3.05, 3.63) is 12.2 Å². The van der Waals surface area contributed by atoms with E-state index in [0.717, 1.165) is 0 Å². The van der Waals surface area contributed by atoms with Gasteiger partial charge >= 0.3 is 0 Å². The van der Waals surface area contributed by atoms with E-state index in [9.17, 15) is 39.9 Å². The lowest BCUT2D eigenvalue weighted by molar-refractivity contribution is -0.226. The van der Waals surface area contributed by atoms with E-state index in [1.165, 1.54) is 6.08 Å². The second-order valence-electron chi connectivity index (χ2n) is 11.0. The number of carbonyl (C=O) groups excluding carboxylic acids is 3.